The van der Waals surface area contributed by atoms with Crippen LogP contribution in [0.15, 0.2) is 81.6 Å². The van der Waals surface area contributed by atoms with Gasteiger partial charge < -0.3 is 10.2 Å². The number of nitrogens with one attached hydrogen (secondary N) is 1. The van der Waals surface area contributed by atoms with Gasteiger partial charge in [-0.1, -0.05) is 36.0 Å². The second-order valence-electron chi connectivity index (χ2n) is 7.77. The minimum Gasteiger partial charge on any atom is -0.356 e. The number of amides is 1. The van der Waals surface area contributed by atoms with Crippen molar-refractivity contribution in [3.63, 3.8) is 0 Å². The van der Waals surface area contributed by atoms with Crippen LogP contribution in [0.2, 0.25) is 0 Å². The number of fused-ring (bicyclic) bond motifs is 2. The van der Waals surface area contributed by atoms with Crippen LogP contribution in [0.4, 0.5) is 5.69 Å². The van der Waals surface area contributed by atoms with Gasteiger partial charge in [0.2, 0.25) is 0 Å². The van der Waals surface area contributed by atoms with Gasteiger partial charge in [-0.2, -0.15) is 0 Å². The number of hydrogen-bond acceptors (Lipinski definition) is 5. The molecule has 2 aromatic carbocycles. The third-order valence-corrected chi connectivity index (χ3v) is 6.75. The van der Waals surface area contributed by atoms with Gasteiger partial charge in [0.05, 0.1) is 17.9 Å². The zero-order valence-corrected chi connectivity index (χ0v) is 18.1. The van der Waals surface area contributed by atoms with Gasteiger partial charge in [-0.15, -0.1) is 0 Å². The number of hydrogen-bond donors (Lipinski definition) is 1. The zero-order chi connectivity index (χ0) is 21.0. The van der Waals surface area contributed by atoms with E-state index in [1.165, 1.54) is 29.7 Å². The number of carbonyl (C=O) groups excluding carboxylic acids is 1. The minimum absolute atomic E-state index is 0.116. The maximum Gasteiger partial charge on any atom is 0.251 e. The molecule has 0 radical (unpaired) electrons. The van der Waals surface area contributed by atoms with Crippen LogP contribution >= 0.6 is 11.8 Å². The van der Waals surface area contributed by atoms with E-state index in [-0.39, 0.29) is 5.91 Å². The van der Waals surface area contributed by atoms with Crippen LogP contribution in [0, 0.1) is 0 Å². The lowest BCUT2D eigenvalue weighted by atomic mass is 10.1. The van der Waals surface area contributed by atoms with Gasteiger partial charge in [0.1, 0.15) is 5.84 Å². The first-order chi connectivity index (χ1) is 15.3. The number of piperidine rings is 1. The van der Waals surface area contributed by atoms with Crippen LogP contribution in [-0.2, 0) is 6.54 Å². The Kier molecular flexibility index (Phi) is 5.71. The van der Waals surface area contributed by atoms with Crippen molar-refractivity contribution in [1.29, 1.82) is 0 Å². The Bertz CT molecular complexity index is 1120. The Morgan fingerprint density at radius 1 is 0.968 bits per heavy atom. The Morgan fingerprint density at radius 3 is 2.65 bits per heavy atom. The quantitative estimate of drug-likeness (QED) is 0.635. The summed E-state index contributed by atoms with van der Waals surface area (Å²) in [6.07, 6.45) is 5.39. The number of pyridine rings is 1. The van der Waals surface area contributed by atoms with E-state index in [0.717, 1.165) is 35.2 Å². The molecule has 1 amide bonds. The predicted octanol–water partition coefficient (Wildman–Crippen LogP) is 5.04. The molecular formula is C25H24N4OS. The van der Waals surface area contributed by atoms with E-state index >= 15 is 0 Å². The first-order valence-corrected chi connectivity index (χ1v) is 11.5. The van der Waals surface area contributed by atoms with Gasteiger partial charge >= 0.3 is 0 Å². The van der Waals surface area contributed by atoms with Crippen molar-refractivity contribution in [1.82, 2.24) is 15.2 Å². The van der Waals surface area contributed by atoms with Crippen molar-refractivity contribution >= 4 is 29.2 Å². The van der Waals surface area contributed by atoms with Crippen molar-refractivity contribution in [2.45, 2.75) is 35.6 Å². The van der Waals surface area contributed by atoms with Gasteiger partial charge in [0.25, 0.3) is 5.91 Å². The number of aromatic nitrogens is 1. The molecule has 0 spiro atoms. The molecule has 1 saturated heterocycles. The van der Waals surface area contributed by atoms with Crippen LogP contribution in [0.5, 0.6) is 0 Å². The first kappa shape index (κ1) is 19.8. The average molecular weight is 429 g/mol. The third-order valence-electron chi connectivity index (χ3n) is 5.61. The molecule has 0 aliphatic carbocycles. The summed E-state index contributed by atoms with van der Waals surface area (Å²) in [5, 5.41) is 2.96. The molecular weight excluding hydrogens is 404 g/mol. The second kappa shape index (κ2) is 8.94. The molecule has 2 aliphatic rings. The van der Waals surface area contributed by atoms with Crippen molar-refractivity contribution in [2.75, 3.05) is 13.1 Å². The number of likely N-dealkylation sites (tertiary alicyclic amines) is 1. The van der Waals surface area contributed by atoms with E-state index in [9.17, 15) is 4.79 Å². The molecule has 1 fully saturated rings. The van der Waals surface area contributed by atoms with Crippen molar-refractivity contribution in [3.05, 3.63) is 83.7 Å². The van der Waals surface area contributed by atoms with Crippen LogP contribution in [-0.4, -0.2) is 34.7 Å². The van der Waals surface area contributed by atoms with Crippen molar-refractivity contribution in [3.8, 4) is 0 Å². The number of nitrogens with zero attached hydrogens (tertiary/aromatic N) is 3. The molecule has 0 saturated carbocycles. The van der Waals surface area contributed by atoms with Crippen LogP contribution in [0.3, 0.4) is 0 Å². The summed E-state index contributed by atoms with van der Waals surface area (Å²) in [5.74, 6) is 0.905. The van der Waals surface area contributed by atoms with Crippen LogP contribution < -0.4 is 5.32 Å². The fourth-order valence-electron chi connectivity index (χ4n) is 3.99. The smallest absolute Gasteiger partial charge is 0.251 e. The van der Waals surface area contributed by atoms with Crippen molar-refractivity contribution < 1.29 is 4.79 Å². The zero-order valence-electron chi connectivity index (χ0n) is 17.3. The fraction of sp³-hybridized carbons (Fsp3) is 0.240. The lowest BCUT2D eigenvalue weighted by molar-refractivity contribution is 0.0950. The van der Waals surface area contributed by atoms with E-state index in [1.807, 2.05) is 36.4 Å². The van der Waals surface area contributed by atoms with E-state index in [2.05, 4.69) is 39.5 Å². The van der Waals surface area contributed by atoms with E-state index in [4.69, 9.17) is 4.99 Å². The predicted molar refractivity (Wildman–Crippen MR) is 124 cm³/mol. The highest BCUT2D eigenvalue weighted by Crippen LogP contribution is 2.41. The second-order valence-corrected chi connectivity index (χ2v) is 8.85. The standard InChI is InChI=1S/C25H24N4OS/c30-25(27-17-19-8-4-5-13-26-19)18-11-12-23-21(16-18)28-24(29-14-6-1-7-15-29)20-9-2-3-10-22(20)31-23/h2-5,8-13,16H,1,6-7,14-15,17H2,(H,27,30). The number of amidine groups is 1. The third kappa shape index (κ3) is 4.35. The Hall–Kier alpha value is -3.12. The van der Waals surface area contributed by atoms with Crippen molar-refractivity contribution in [2.24, 2.45) is 4.99 Å². The SMILES string of the molecule is O=C(NCc1ccccn1)c1ccc2c(c1)N=C(N1CCCCC1)c1ccccc1S2. The highest BCUT2D eigenvalue weighted by molar-refractivity contribution is 7.99. The molecule has 0 unspecified atom stereocenters. The summed E-state index contributed by atoms with van der Waals surface area (Å²) in [7, 11) is 0. The molecule has 6 heteroatoms. The summed E-state index contributed by atoms with van der Waals surface area (Å²) >= 11 is 1.72. The number of benzene rings is 2. The summed E-state index contributed by atoms with van der Waals surface area (Å²) in [5.41, 5.74) is 3.48. The molecule has 1 N–H and O–H groups in total. The van der Waals surface area contributed by atoms with E-state index in [0.29, 0.717) is 12.1 Å². The highest BCUT2D eigenvalue weighted by atomic mass is 32.2. The summed E-state index contributed by atoms with van der Waals surface area (Å²) in [6, 6.07) is 19.9. The number of aliphatic imine (C=N–C) groups is 1. The molecule has 156 valence electrons. The summed E-state index contributed by atoms with van der Waals surface area (Å²) in [6.45, 7) is 2.45. The summed E-state index contributed by atoms with van der Waals surface area (Å²) < 4.78 is 0. The molecule has 3 aromatic rings. The topological polar surface area (TPSA) is 57.6 Å². The monoisotopic (exact) mass is 428 g/mol. The van der Waals surface area contributed by atoms with Gasteiger partial charge in [-0.25, -0.2) is 4.99 Å². The normalized spacial score (nSPS) is 15.4. The lowest BCUT2D eigenvalue weighted by Gasteiger charge is -2.30. The Balaban J connectivity index is 1.46. The summed E-state index contributed by atoms with van der Waals surface area (Å²) in [4.78, 5) is 26.8. The molecule has 5 nitrogen and oxygen atoms in total. The molecule has 31 heavy (non-hydrogen) atoms. The maximum absolute atomic E-state index is 12.8. The molecule has 5 rings (SSSR count). The van der Waals surface area contributed by atoms with Crippen LogP contribution in [0.25, 0.3) is 0 Å². The minimum atomic E-state index is -0.116. The van der Waals surface area contributed by atoms with Crippen LogP contribution in [0.1, 0.15) is 40.9 Å². The Labute approximate surface area is 186 Å². The molecule has 0 bridgehead atoms. The Morgan fingerprint density at radius 2 is 1.81 bits per heavy atom. The number of carbonyl (C=O) groups is 1. The van der Waals surface area contributed by atoms with E-state index in [1.54, 1.807) is 18.0 Å². The largest absolute Gasteiger partial charge is 0.356 e. The fourth-order valence-corrected chi connectivity index (χ4v) is 4.99. The molecule has 2 aliphatic heterocycles. The maximum atomic E-state index is 12.8. The van der Waals surface area contributed by atoms with Gasteiger partial charge in [-0.05, 0) is 55.7 Å². The molecule has 0 atom stereocenters. The first-order valence-electron chi connectivity index (χ1n) is 10.7. The highest BCUT2D eigenvalue weighted by Gasteiger charge is 2.23. The van der Waals surface area contributed by atoms with Gasteiger partial charge in [-0.3, -0.25) is 9.78 Å². The van der Waals surface area contributed by atoms with Gasteiger partial charge in [0, 0.05) is 40.2 Å². The average Bonchev–Trinajstić information content (AvgIpc) is 3.00. The molecule has 1 aromatic heterocycles. The van der Waals surface area contributed by atoms with Gasteiger partial charge in [0.15, 0.2) is 0 Å². The number of rotatable bonds is 3. The molecule has 3 heterocycles. The lowest BCUT2D eigenvalue weighted by Crippen LogP contribution is -2.36. The van der Waals surface area contributed by atoms with E-state index < -0.39 is 0 Å².